The van der Waals surface area contributed by atoms with Crippen molar-refractivity contribution in [1.82, 2.24) is 4.90 Å². The van der Waals surface area contributed by atoms with E-state index in [4.69, 9.17) is 0 Å². The minimum atomic E-state index is -0.322. The van der Waals surface area contributed by atoms with E-state index in [2.05, 4.69) is 15.9 Å². The Morgan fingerprint density at radius 2 is 1.90 bits per heavy atom. The maximum atomic E-state index is 13.3. The SMILES string of the molecule is O=C(c1ccc(F)c(Br)c1)N(CC1CCCCC1)C1CC1. The van der Waals surface area contributed by atoms with Crippen molar-refractivity contribution >= 4 is 21.8 Å². The molecule has 1 aromatic carbocycles. The first-order valence-corrected chi connectivity index (χ1v) is 8.70. The molecular weight excluding hydrogens is 333 g/mol. The van der Waals surface area contributed by atoms with E-state index < -0.39 is 0 Å². The standard InChI is InChI=1S/C17H21BrFNO/c18-15-10-13(6-9-16(15)19)17(21)20(14-7-8-14)11-12-4-2-1-3-5-12/h6,9-10,12,14H,1-5,7-8,11H2. The Morgan fingerprint density at radius 1 is 1.19 bits per heavy atom. The van der Waals surface area contributed by atoms with Crippen molar-refractivity contribution in [2.24, 2.45) is 5.92 Å². The zero-order chi connectivity index (χ0) is 14.8. The van der Waals surface area contributed by atoms with Crippen LogP contribution in [0.15, 0.2) is 22.7 Å². The van der Waals surface area contributed by atoms with Crippen molar-refractivity contribution in [2.45, 2.75) is 51.0 Å². The Morgan fingerprint density at radius 3 is 2.52 bits per heavy atom. The summed E-state index contributed by atoms with van der Waals surface area (Å²) in [4.78, 5) is 14.8. The average molecular weight is 354 g/mol. The van der Waals surface area contributed by atoms with Gasteiger partial charge in [0, 0.05) is 18.2 Å². The van der Waals surface area contributed by atoms with Gasteiger partial charge in [-0.3, -0.25) is 4.79 Å². The van der Waals surface area contributed by atoms with Crippen molar-refractivity contribution in [3.05, 3.63) is 34.1 Å². The molecule has 0 heterocycles. The molecule has 0 spiro atoms. The molecule has 21 heavy (non-hydrogen) atoms. The van der Waals surface area contributed by atoms with Gasteiger partial charge in [-0.25, -0.2) is 4.39 Å². The summed E-state index contributed by atoms with van der Waals surface area (Å²) in [6, 6.07) is 4.97. The smallest absolute Gasteiger partial charge is 0.254 e. The molecule has 2 saturated carbocycles. The molecule has 3 rings (SSSR count). The van der Waals surface area contributed by atoms with E-state index in [0.29, 0.717) is 22.0 Å². The molecule has 1 aromatic rings. The van der Waals surface area contributed by atoms with Gasteiger partial charge in [-0.15, -0.1) is 0 Å². The molecule has 0 atom stereocenters. The fourth-order valence-corrected chi connectivity index (χ4v) is 3.61. The van der Waals surface area contributed by atoms with Crippen LogP contribution in [0.3, 0.4) is 0 Å². The third-order valence-corrected chi connectivity index (χ3v) is 5.20. The quantitative estimate of drug-likeness (QED) is 0.763. The van der Waals surface area contributed by atoms with Gasteiger partial charge in [-0.05, 0) is 65.7 Å². The van der Waals surface area contributed by atoms with Crippen molar-refractivity contribution in [3.63, 3.8) is 0 Å². The molecule has 2 aliphatic carbocycles. The molecule has 0 bridgehead atoms. The summed E-state index contributed by atoms with van der Waals surface area (Å²) in [5, 5.41) is 0. The maximum absolute atomic E-state index is 13.3. The molecule has 2 aliphatic rings. The molecule has 1 amide bonds. The summed E-state index contributed by atoms with van der Waals surface area (Å²) >= 11 is 3.17. The van der Waals surface area contributed by atoms with Crippen LogP contribution in [-0.2, 0) is 0 Å². The van der Waals surface area contributed by atoms with Crippen LogP contribution in [-0.4, -0.2) is 23.4 Å². The summed E-state index contributed by atoms with van der Waals surface area (Å²) in [5.74, 6) is 0.382. The van der Waals surface area contributed by atoms with Gasteiger partial charge in [0.05, 0.1) is 4.47 Å². The van der Waals surface area contributed by atoms with Crippen LogP contribution in [0.25, 0.3) is 0 Å². The Bertz CT molecular complexity index is 524. The van der Waals surface area contributed by atoms with E-state index in [1.54, 1.807) is 12.1 Å². The molecule has 0 aliphatic heterocycles. The molecule has 4 heteroatoms. The van der Waals surface area contributed by atoms with Gasteiger partial charge in [-0.2, -0.15) is 0 Å². The van der Waals surface area contributed by atoms with Crippen LogP contribution in [0.2, 0.25) is 0 Å². The second-order valence-electron chi connectivity index (χ2n) is 6.32. The molecule has 0 aromatic heterocycles. The third kappa shape index (κ3) is 3.65. The first-order chi connectivity index (χ1) is 10.1. The summed E-state index contributed by atoms with van der Waals surface area (Å²) in [7, 11) is 0. The number of carbonyl (C=O) groups is 1. The number of benzene rings is 1. The number of carbonyl (C=O) groups excluding carboxylic acids is 1. The van der Waals surface area contributed by atoms with Crippen molar-refractivity contribution in [1.29, 1.82) is 0 Å². The fourth-order valence-electron chi connectivity index (χ4n) is 3.23. The first-order valence-electron chi connectivity index (χ1n) is 7.91. The van der Waals surface area contributed by atoms with E-state index in [1.807, 2.05) is 4.90 Å². The second kappa shape index (κ2) is 6.47. The summed E-state index contributed by atoms with van der Waals surface area (Å²) in [5.41, 5.74) is 0.589. The lowest BCUT2D eigenvalue weighted by molar-refractivity contribution is 0.0698. The second-order valence-corrected chi connectivity index (χ2v) is 7.18. The average Bonchev–Trinajstić information content (AvgIpc) is 3.33. The van der Waals surface area contributed by atoms with Gasteiger partial charge in [0.15, 0.2) is 0 Å². The fraction of sp³-hybridized carbons (Fsp3) is 0.588. The Hall–Kier alpha value is -0.900. The topological polar surface area (TPSA) is 20.3 Å². The van der Waals surface area contributed by atoms with Crippen LogP contribution < -0.4 is 0 Å². The minimum Gasteiger partial charge on any atom is -0.335 e. The van der Waals surface area contributed by atoms with Crippen LogP contribution in [0.5, 0.6) is 0 Å². The Labute approximate surface area is 133 Å². The normalized spacial score (nSPS) is 19.5. The van der Waals surface area contributed by atoms with Gasteiger partial charge >= 0.3 is 0 Å². The summed E-state index contributed by atoms with van der Waals surface area (Å²) in [6.45, 7) is 0.874. The molecule has 114 valence electrons. The van der Waals surface area contributed by atoms with Crippen LogP contribution >= 0.6 is 15.9 Å². The number of halogens is 2. The van der Waals surface area contributed by atoms with E-state index >= 15 is 0 Å². The monoisotopic (exact) mass is 353 g/mol. The molecule has 0 N–H and O–H groups in total. The summed E-state index contributed by atoms with van der Waals surface area (Å²) < 4.78 is 13.7. The van der Waals surface area contributed by atoms with Crippen molar-refractivity contribution < 1.29 is 9.18 Å². The maximum Gasteiger partial charge on any atom is 0.254 e. The number of amides is 1. The third-order valence-electron chi connectivity index (χ3n) is 4.59. The number of hydrogen-bond donors (Lipinski definition) is 0. The van der Waals surface area contributed by atoms with Gasteiger partial charge in [-0.1, -0.05) is 19.3 Å². The molecule has 0 unspecified atom stereocenters. The largest absolute Gasteiger partial charge is 0.335 e. The highest BCUT2D eigenvalue weighted by atomic mass is 79.9. The van der Waals surface area contributed by atoms with Crippen LogP contribution in [0.4, 0.5) is 4.39 Å². The van der Waals surface area contributed by atoms with Crippen molar-refractivity contribution in [2.75, 3.05) is 6.54 Å². The van der Waals surface area contributed by atoms with Gasteiger partial charge in [0.25, 0.3) is 5.91 Å². The van der Waals surface area contributed by atoms with E-state index in [1.165, 1.54) is 38.2 Å². The van der Waals surface area contributed by atoms with Gasteiger partial charge in [0.2, 0.25) is 0 Å². The van der Waals surface area contributed by atoms with Crippen LogP contribution in [0.1, 0.15) is 55.3 Å². The predicted molar refractivity (Wildman–Crippen MR) is 84.7 cm³/mol. The predicted octanol–water partition coefficient (Wildman–Crippen LogP) is 4.77. The van der Waals surface area contributed by atoms with Gasteiger partial charge < -0.3 is 4.90 Å². The van der Waals surface area contributed by atoms with E-state index in [-0.39, 0.29) is 11.7 Å². The number of hydrogen-bond acceptors (Lipinski definition) is 1. The highest BCUT2D eigenvalue weighted by Gasteiger charge is 2.34. The molecular formula is C17H21BrFNO. The highest BCUT2D eigenvalue weighted by Crippen LogP contribution is 2.32. The lowest BCUT2D eigenvalue weighted by Crippen LogP contribution is -2.37. The highest BCUT2D eigenvalue weighted by molar-refractivity contribution is 9.10. The summed E-state index contributed by atoms with van der Waals surface area (Å²) in [6.07, 6.45) is 8.62. The molecule has 0 saturated heterocycles. The Kier molecular flexibility index (Phi) is 4.63. The molecule has 0 radical (unpaired) electrons. The number of nitrogens with zero attached hydrogens (tertiary/aromatic N) is 1. The molecule has 2 nitrogen and oxygen atoms in total. The Balaban J connectivity index is 1.73. The van der Waals surface area contributed by atoms with E-state index in [9.17, 15) is 9.18 Å². The first kappa shape index (κ1) is 15.0. The molecule has 2 fully saturated rings. The lowest BCUT2D eigenvalue weighted by Gasteiger charge is -2.30. The number of rotatable bonds is 4. The zero-order valence-electron chi connectivity index (χ0n) is 12.2. The van der Waals surface area contributed by atoms with Crippen LogP contribution in [0, 0.1) is 11.7 Å². The van der Waals surface area contributed by atoms with Gasteiger partial charge in [0.1, 0.15) is 5.82 Å². The zero-order valence-corrected chi connectivity index (χ0v) is 13.7. The lowest BCUT2D eigenvalue weighted by atomic mass is 9.89. The van der Waals surface area contributed by atoms with Crippen molar-refractivity contribution in [3.8, 4) is 0 Å². The minimum absolute atomic E-state index is 0.0590. The van der Waals surface area contributed by atoms with E-state index in [0.717, 1.165) is 19.4 Å².